The minimum Gasteiger partial charge on any atom is -0.396 e. The lowest BCUT2D eigenvalue weighted by Crippen LogP contribution is -2.62. The van der Waals surface area contributed by atoms with Gasteiger partial charge >= 0.3 is 0 Å². The minimum absolute atomic E-state index is 0.124. The smallest absolute Gasteiger partial charge is 0.0611 e. The van der Waals surface area contributed by atoms with E-state index < -0.39 is 0 Å². The van der Waals surface area contributed by atoms with Crippen molar-refractivity contribution in [3.05, 3.63) is 0 Å². The summed E-state index contributed by atoms with van der Waals surface area (Å²) in [4.78, 5) is 0. The number of hydrogen-bond donors (Lipinski definition) is 3. The van der Waals surface area contributed by atoms with Gasteiger partial charge in [-0.25, -0.2) is 0 Å². The van der Waals surface area contributed by atoms with Crippen molar-refractivity contribution in [1.29, 1.82) is 0 Å². The average molecular weight is 230 g/mol. The van der Waals surface area contributed by atoms with Crippen molar-refractivity contribution in [2.75, 3.05) is 26.3 Å². The maximum atomic E-state index is 8.67. The van der Waals surface area contributed by atoms with Crippen LogP contribution in [0.1, 0.15) is 39.0 Å². The number of nitrogens with two attached hydrogens (primary N) is 1. The fraction of sp³-hybridized carbons (Fsp3) is 1.00. The summed E-state index contributed by atoms with van der Waals surface area (Å²) in [6.07, 6.45) is 5.58. The fourth-order valence-electron chi connectivity index (χ4n) is 2.32. The van der Waals surface area contributed by atoms with Gasteiger partial charge < -0.3 is 20.9 Å². The number of aliphatic hydroxyl groups is 1. The summed E-state index contributed by atoms with van der Waals surface area (Å²) in [5.41, 5.74) is 5.93. The molecule has 0 spiro atoms. The zero-order chi connectivity index (χ0) is 11.9. The summed E-state index contributed by atoms with van der Waals surface area (Å²) in [6.45, 7) is 4.81. The molecule has 0 heterocycles. The maximum Gasteiger partial charge on any atom is 0.0611 e. The predicted octanol–water partition coefficient (Wildman–Crippen LogP) is 0.635. The van der Waals surface area contributed by atoms with E-state index in [2.05, 4.69) is 5.32 Å². The van der Waals surface area contributed by atoms with Crippen molar-refractivity contribution in [2.24, 2.45) is 5.73 Å². The highest BCUT2D eigenvalue weighted by Crippen LogP contribution is 2.33. The quantitative estimate of drug-likeness (QED) is 0.508. The summed E-state index contributed by atoms with van der Waals surface area (Å²) in [5, 5.41) is 12.2. The molecule has 0 atom stereocenters. The molecular weight excluding hydrogens is 204 g/mol. The molecule has 1 aliphatic carbocycles. The van der Waals surface area contributed by atoms with Crippen LogP contribution in [0, 0.1) is 0 Å². The van der Waals surface area contributed by atoms with Crippen LogP contribution in [0.3, 0.4) is 0 Å². The first-order valence-corrected chi connectivity index (χ1v) is 6.44. The number of nitrogens with one attached hydrogen (secondary N) is 1. The van der Waals surface area contributed by atoms with Crippen molar-refractivity contribution >= 4 is 0 Å². The van der Waals surface area contributed by atoms with Crippen molar-refractivity contribution in [3.63, 3.8) is 0 Å². The SMILES string of the molecule is CCOC1CC(CN)(NCCCCCO)C1. The number of rotatable bonds is 9. The van der Waals surface area contributed by atoms with E-state index >= 15 is 0 Å². The first-order valence-electron chi connectivity index (χ1n) is 6.44. The van der Waals surface area contributed by atoms with Crippen LogP contribution in [0.5, 0.6) is 0 Å². The van der Waals surface area contributed by atoms with Crippen molar-refractivity contribution in [1.82, 2.24) is 5.32 Å². The molecule has 4 N–H and O–H groups in total. The van der Waals surface area contributed by atoms with Gasteiger partial charge in [-0.1, -0.05) is 0 Å². The van der Waals surface area contributed by atoms with Gasteiger partial charge in [0.1, 0.15) is 0 Å². The Balaban J connectivity index is 2.09. The molecule has 0 saturated heterocycles. The van der Waals surface area contributed by atoms with Crippen LogP contribution in [0.2, 0.25) is 0 Å². The molecule has 0 radical (unpaired) electrons. The summed E-state index contributed by atoms with van der Waals surface area (Å²) >= 11 is 0. The van der Waals surface area contributed by atoms with E-state index in [1.54, 1.807) is 0 Å². The van der Waals surface area contributed by atoms with Crippen LogP contribution in [0.25, 0.3) is 0 Å². The van der Waals surface area contributed by atoms with Gasteiger partial charge in [0.2, 0.25) is 0 Å². The summed E-state index contributed by atoms with van der Waals surface area (Å²) in [5.74, 6) is 0. The number of unbranched alkanes of at least 4 members (excludes halogenated alkanes) is 2. The lowest BCUT2D eigenvalue weighted by molar-refractivity contribution is -0.0475. The monoisotopic (exact) mass is 230 g/mol. The average Bonchev–Trinajstić information content (AvgIpc) is 2.25. The van der Waals surface area contributed by atoms with Crippen molar-refractivity contribution in [2.45, 2.75) is 50.7 Å². The van der Waals surface area contributed by atoms with Crippen LogP contribution >= 0.6 is 0 Å². The van der Waals surface area contributed by atoms with Crippen LogP contribution < -0.4 is 11.1 Å². The van der Waals surface area contributed by atoms with E-state index in [-0.39, 0.29) is 5.54 Å². The molecule has 0 aromatic rings. The Bertz CT molecular complexity index is 182. The van der Waals surface area contributed by atoms with E-state index in [0.717, 1.165) is 45.3 Å². The van der Waals surface area contributed by atoms with E-state index in [1.165, 1.54) is 0 Å². The Morgan fingerprint density at radius 3 is 2.69 bits per heavy atom. The third-order valence-electron chi connectivity index (χ3n) is 3.36. The zero-order valence-electron chi connectivity index (χ0n) is 10.4. The molecule has 1 fully saturated rings. The molecule has 0 unspecified atom stereocenters. The van der Waals surface area contributed by atoms with E-state index in [9.17, 15) is 0 Å². The molecule has 4 nitrogen and oxygen atoms in total. The van der Waals surface area contributed by atoms with Gasteiger partial charge in [0.25, 0.3) is 0 Å². The van der Waals surface area contributed by atoms with Gasteiger partial charge in [-0.3, -0.25) is 0 Å². The predicted molar refractivity (Wildman–Crippen MR) is 65.4 cm³/mol. The fourth-order valence-corrected chi connectivity index (χ4v) is 2.32. The highest BCUT2D eigenvalue weighted by molar-refractivity contribution is 5.02. The van der Waals surface area contributed by atoms with Crippen LogP contribution in [0.15, 0.2) is 0 Å². The highest BCUT2D eigenvalue weighted by atomic mass is 16.5. The summed E-state index contributed by atoms with van der Waals surface area (Å²) in [6, 6.07) is 0. The van der Waals surface area contributed by atoms with E-state index in [1.807, 2.05) is 6.92 Å². The Hall–Kier alpha value is -0.160. The van der Waals surface area contributed by atoms with Gasteiger partial charge in [0, 0.05) is 25.3 Å². The van der Waals surface area contributed by atoms with Crippen molar-refractivity contribution < 1.29 is 9.84 Å². The first-order chi connectivity index (χ1) is 7.76. The Kier molecular flexibility index (Phi) is 6.28. The number of hydrogen-bond acceptors (Lipinski definition) is 4. The highest BCUT2D eigenvalue weighted by Gasteiger charge is 2.43. The third-order valence-corrected chi connectivity index (χ3v) is 3.36. The van der Waals surface area contributed by atoms with Gasteiger partial charge in [0.05, 0.1) is 6.10 Å². The molecule has 4 heteroatoms. The molecule has 1 saturated carbocycles. The molecule has 1 rings (SSSR count). The van der Waals surface area contributed by atoms with Crippen LogP contribution in [-0.2, 0) is 4.74 Å². The molecule has 1 aliphatic rings. The molecule has 0 amide bonds. The van der Waals surface area contributed by atoms with Gasteiger partial charge in [-0.15, -0.1) is 0 Å². The van der Waals surface area contributed by atoms with Crippen LogP contribution in [-0.4, -0.2) is 43.1 Å². The van der Waals surface area contributed by atoms with Crippen molar-refractivity contribution in [3.8, 4) is 0 Å². The lowest BCUT2D eigenvalue weighted by Gasteiger charge is -2.47. The maximum absolute atomic E-state index is 8.67. The molecule has 0 aliphatic heterocycles. The third kappa shape index (κ3) is 4.01. The molecule has 0 aromatic heterocycles. The van der Waals surface area contributed by atoms with Crippen LogP contribution in [0.4, 0.5) is 0 Å². The minimum atomic E-state index is 0.124. The standard InChI is InChI=1S/C12H26N2O2/c1-2-16-11-8-12(9-11,10-13)14-6-4-3-5-7-15/h11,14-15H,2-10,13H2,1H3. The topological polar surface area (TPSA) is 67.5 Å². The molecule has 0 bridgehead atoms. The second-order valence-corrected chi connectivity index (χ2v) is 4.68. The second kappa shape index (κ2) is 7.22. The summed E-state index contributed by atoms with van der Waals surface area (Å²) in [7, 11) is 0. The first kappa shape index (κ1) is 13.9. The largest absolute Gasteiger partial charge is 0.396 e. The molecule has 96 valence electrons. The Morgan fingerprint density at radius 1 is 1.38 bits per heavy atom. The zero-order valence-corrected chi connectivity index (χ0v) is 10.4. The molecule has 16 heavy (non-hydrogen) atoms. The Labute approximate surface area is 98.5 Å². The lowest BCUT2D eigenvalue weighted by atomic mass is 9.74. The van der Waals surface area contributed by atoms with Gasteiger partial charge in [-0.05, 0) is 45.6 Å². The normalized spacial score (nSPS) is 29.1. The van der Waals surface area contributed by atoms with E-state index in [0.29, 0.717) is 19.3 Å². The van der Waals surface area contributed by atoms with E-state index in [4.69, 9.17) is 15.6 Å². The second-order valence-electron chi connectivity index (χ2n) is 4.68. The van der Waals surface area contributed by atoms with Gasteiger partial charge in [-0.2, -0.15) is 0 Å². The number of ether oxygens (including phenoxy) is 1. The number of aliphatic hydroxyl groups excluding tert-OH is 1. The Morgan fingerprint density at radius 2 is 2.12 bits per heavy atom. The summed E-state index contributed by atoms with van der Waals surface area (Å²) < 4.78 is 5.55. The molecule has 0 aromatic carbocycles. The molecular formula is C12H26N2O2. The van der Waals surface area contributed by atoms with Gasteiger partial charge in [0.15, 0.2) is 0 Å².